The maximum atomic E-state index is 5.40. The van der Waals surface area contributed by atoms with Gasteiger partial charge in [0.25, 0.3) is 0 Å². The highest BCUT2D eigenvalue weighted by molar-refractivity contribution is 5.05. The van der Waals surface area contributed by atoms with E-state index in [1.165, 1.54) is 0 Å². The van der Waals surface area contributed by atoms with Gasteiger partial charge in [-0.2, -0.15) is 4.98 Å². The van der Waals surface area contributed by atoms with E-state index in [1.807, 2.05) is 19.1 Å². The van der Waals surface area contributed by atoms with Crippen molar-refractivity contribution in [2.24, 2.45) is 0 Å². The number of aromatic nitrogens is 2. The molecule has 0 amide bonds. The molecule has 0 aromatic carbocycles. The Bertz CT molecular complexity index is 393. The van der Waals surface area contributed by atoms with Crippen LogP contribution in [-0.4, -0.2) is 10.1 Å². The molecule has 5 nitrogen and oxygen atoms in total. The molecule has 0 unspecified atom stereocenters. The fraction of sp³-hybridized carbons (Fsp3) is 0.400. The van der Waals surface area contributed by atoms with Crippen molar-refractivity contribution in [1.29, 1.82) is 0 Å². The summed E-state index contributed by atoms with van der Waals surface area (Å²) in [7, 11) is 0. The van der Waals surface area contributed by atoms with Crippen LogP contribution < -0.4 is 5.32 Å². The molecule has 15 heavy (non-hydrogen) atoms. The monoisotopic (exact) mass is 207 g/mol. The van der Waals surface area contributed by atoms with Crippen molar-refractivity contribution in [3.05, 3.63) is 35.4 Å². The predicted molar refractivity (Wildman–Crippen MR) is 53.0 cm³/mol. The number of rotatable bonds is 4. The van der Waals surface area contributed by atoms with Gasteiger partial charge in [0.15, 0.2) is 5.82 Å². The summed E-state index contributed by atoms with van der Waals surface area (Å²) >= 11 is 0. The summed E-state index contributed by atoms with van der Waals surface area (Å²) in [5.74, 6) is 3.08. The first-order valence-corrected chi connectivity index (χ1v) is 4.79. The minimum absolute atomic E-state index is 0.580. The second-order valence-corrected chi connectivity index (χ2v) is 3.35. The van der Waals surface area contributed by atoms with Crippen LogP contribution in [0.15, 0.2) is 21.1 Å². The van der Waals surface area contributed by atoms with Gasteiger partial charge in [-0.1, -0.05) is 5.16 Å². The molecule has 80 valence electrons. The highest BCUT2D eigenvalue weighted by Gasteiger charge is 2.02. The second kappa shape index (κ2) is 4.27. The molecule has 0 saturated heterocycles. The molecule has 0 aliphatic rings. The van der Waals surface area contributed by atoms with Crippen molar-refractivity contribution in [3.63, 3.8) is 0 Å². The van der Waals surface area contributed by atoms with E-state index >= 15 is 0 Å². The lowest BCUT2D eigenvalue weighted by molar-refractivity contribution is 0.384. The van der Waals surface area contributed by atoms with Gasteiger partial charge in [0.05, 0.1) is 13.1 Å². The normalized spacial score (nSPS) is 10.8. The summed E-state index contributed by atoms with van der Waals surface area (Å²) in [4.78, 5) is 4.08. The molecule has 2 heterocycles. The van der Waals surface area contributed by atoms with Gasteiger partial charge in [0, 0.05) is 6.92 Å². The lowest BCUT2D eigenvalue weighted by atomic mass is 10.4. The number of furan rings is 1. The average molecular weight is 207 g/mol. The first kappa shape index (κ1) is 9.92. The number of nitrogens with zero attached hydrogens (tertiary/aromatic N) is 2. The van der Waals surface area contributed by atoms with Crippen LogP contribution >= 0.6 is 0 Å². The Hall–Kier alpha value is -1.62. The summed E-state index contributed by atoms with van der Waals surface area (Å²) in [6.45, 7) is 4.94. The largest absolute Gasteiger partial charge is 0.465 e. The van der Waals surface area contributed by atoms with E-state index in [4.69, 9.17) is 8.94 Å². The number of aryl methyl sites for hydroxylation is 2. The Morgan fingerprint density at radius 3 is 2.73 bits per heavy atom. The van der Waals surface area contributed by atoms with E-state index in [0.29, 0.717) is 24.8 Å². The van der Waals surface area contributed by atoms with Crippen LogP contribution in [0, 0.1) is 13.8 Å². The van der Waals surface area contributed by atoms with Crippen LogP contribution in [0.4, 0.5) is 0 Å². The molecular weight excluding hydrogens is 194 g/mol. The van der Waals surface area contributed by atoms with Crippen molar-refractivity contribution < 1.29 is 8.94 Å². The molecule has 0 aliphatic carbocycles. The third kappa shape index (κ3) is 2.66. The van der Waals surface area contributed by atoms with Crippen molar-refractivity contribution in [2.45, 2.75) is 26.9 Å². The topological polar surface area (TPSA) is 64.1 Å². The zero-order valence-corrected chi connectivity index (χ0v) is 8.78. The fourth-order valence-electron chi connectivity index (χ4n) is 1.29. The van der Waals surface area contributed by atoms with Gasteiger partial charge in [-0.3, -0.25) is 0 Å². The number of hydrogen-bond acceptors (Lipinski definition) is 5. The lowest BCUT2D eigenvalue weighted by Crippen LogP contribution is -2.13. The lowest BCUT2D eigenvalue weighted by Gasteiger charge is -1.97. The molecule has 0 bridgehead atoms. The zero-order valence-electron chi connectivity index (χ0n) is 8.78. The first-order valence-electron chi connectivity index (χ1n) is 4.79. The molecule has 5 heteroatoms. The molecule has 2 aromatic heterocycles. The highest BCUT2D eigenvalue weighted by atomic mass is 16.5. The maximum Gasteiger partial charge on any atom is 0.223 e. The molecule has 1 N–H and O–H groups in total. The molecule has 0 radical (unpaired) electrons. The fourth-order valence-corrected chi connectivity index (χ4v) is 1.29. The summed E-state index contributed by atoms with van der Waals surface area (Å²) in [6.07, 6.45) is 0. The first-order chi connectivity index (χ1) is 7.24. The van der Waals surface area contributed by atoms with Crippen molar-refractivity contribution in [2.75, 3.05) is 0 Å². The van der Waals surface area contributed by atoms with E-state index in [-0.39, 0.29) is 0 Å². The SMILES string of the molecule is Cc1ccc(CNCc2noc(C)n2)o1. The highest BCUT2D eigenvalue weighted by Crippen LogP contribution is 2.05. The van der Waals surface area contributed by atoms with E-state index < -0.39 is 0 Å². The summed E-state index contributed by atoms with van der Waals surface area (Å²) in [5, 5.41) is 6.94. The van der Waals surface area contributed by atoms with Gasteiger partial charge in [-0.05, 0) is 19.1 Å². The zero-order chi connectivity index (χ0) is 10.7. The maximum absolute atomic E-state index is 5.40. The van der Waals surface area contributed by atoms with Crippen molar-refractivity contribution >= 4 is 0 Å². The quantitative estimate of drug-likeness (QED) is 0.824. The van der Waals surface area contributed by atoms with Crippen molar-refractivity contribution in [1.82, 2.24) is 15.5 Å². The standard InChI is InChI=1S/C10H13N3O2/c1-7-3-4-9(14-7)5-11-6-10-12-8(2)15-13-10/h3-4,11H,5-6H2,1-2H3. The Balaban J connectivity index is 1.80. The van der Waals surface area contributed by atoms with Gasteiger partial charge >= 0.3 is 0 Å². The van der Waals surface area contributed by atoms with E-state index in [2.05, 4.69) is 15.5 Å². The van der Waals surface area contributed by atoms with Gasteiger partial charge in [0.2, 0.25) is 5.89 Å². The van der Waals surface area contributed by atoms with Crippen LogP contribution in [0.25, 0.3) is 0 Å². The molecule has 0 aliphatic heterocycles. The third-order valence-corrected chi connectivity index (χ3v) is 1.95. The van der Waals surface area contributed by atoms with E-state index in [9.17, 15) is 0 Å². The molecule has 2 aromatic rings. The van der Waals surface area contributed by atoms with Gasteiger partial charge in [-0.25, -0.2) is 0 Å². The van der Waals surface area contributed by atoms with Crippen LogP contribution in [0.3, 0.4) is 0 Å². The van der Waals surface area contributed by atoms with Gasteiger partial charge < -0.3 is 14.3 Å². The Morgan fingerprint density at radius 2 is 2.13 bits per heavy atom. The predicted octanol–water partition coefficient (Wildman–Crippen LogP) is 1.57. The Kier molecular flexibility index (Phi) is 2.82. The molecule has 0 spiro atoms. The molecule has 0 fully saturated rings. The third-order valence-electron chi connectivity index (χ3n) is 1.95. The molecular formula is C10H13N3O2. The second-order valence-electron chi connectivity index (χ2n) is 3.35. The molecule has 2 rings (SSSR count). The van der Waals surface area contributed by atoms with E-state index in [1.54, 1.807) is 6.92 Å². The minimum atomic E-state index is 0.580. The van der Waals surface area contributed by atoms with Crippen LogP contribution in [0.5, 0.6) is 0 Å². The van der Waals surface area contributed by atoms with Crippen LogP contribution in [0.2, 0.25) is 0 Å². The number of nitrogens with one attached hydrogen (secondary N) is 1. The minimum Gasteiger partial charge on any atom is -0.465 e. The van der Waals surface area contributed by atoms with Crippen LogP contribution in [-0.2, 0) is 13.1 Å². The van der Waals surface area contributed by atoms with Crippen molar-refractivity contribution in [3.8, 4) is 0 Å². The van der Waals surface area contributed by atoms with Crippen LogP contribution in [0.1, 0.15) is 23.2 Å². The van der Waals surface area contributed by atoms with Gasteiger partial charge in [-0.15, -0.1) is 0 Å². The summed E-state index contributed by atoms with van der Waals surface area (Å²) in [6, 6.07) is 3.89. The molecule has 0 atom stereocenters. The summed E-state index contributed by atoms with van der Waals surface area (Å²) in [5.41, 5.74) is 0. The van der Waals surface area contributed by atoms with Gasteiger partial charge in [0.1, 0.15) is 11.5 Å². The number of hydrogen-bond donors (Lipinski definition) is 1. The Morgan fingerprint density at radius 1 is 1.27 bits per heavy atom. The molecule has 0 saturated carbocycles. The van der Waals surface area contributed by atoms with E-state index in [0.717, 1.165) is 11.5 Å². The Labute approximate surface area is 87.5 Å². The smallest absolute Gasteiger partial charge is 0.223 e. The summed E-state index contributed by atoms with van der Waals surface area (Å²) < 4.78 is 10.2. The average Bonchev–Trinajstić information content (AvgIpc) is 2.76.